The van der Waals surface area contributed by atoms with Crippen LogP contribution in [0.2, 0.25) is 5.02 Å². The van der Waals surface area contributed by atoms with Crippen LogP contribution in [0.1, 0.15) is 110 Å². The number of nitrogens with one attached hydrogen (secondary N) is 1. The summed E-state index contributed by atoms with van der Waals surface area (Å²) in [6.45, 7) is 11.5. The fourth-order valence-electron chi connectivity index (χ4n) is 10.9. The Kier molecular flexibility index (Phi) is 7.69. The van der Waals surface area contributed by atoms with Gasteiger partial charge in [-0.25, -0.2) is 0 Å². The van der Waals surface area contributed by atoms with Crippen molar-refractivity contribution >= 4 is 28.4 Å². The second kappa shape index (κ2) is 12.2. The number of benzene rings is 3. The van der Waals surface area contributed by atoms with Crippen molar-refractivity contribution in [3.8, 4) is 11.4 Å². The largest absolute Gasteiger partial charge is 0.492 e. The first-order valence-corrected chi connectivity index (χ1v) is 20.0. The number of halogens is 1. The van der Waals surface area contributed by atoms with Gasteiger partial charge in [0.15, 0.2) is 0 Å². The van der Waals surface area contributed by atoms with Crippen molar-refractivity contribution in [2.45, 2.75) is 94.5 Å². The molecule has 1 aromatic heterocycles. The molecule has 5 aliphatic heterocycles. The normalized spacial score (nSPS) is 25.1. The maximum absolute atomic E-state index is 13.1. The Bertz CT molecular complexity index is 2170. The molecule has 1 aliphatic carbocycles. The highest BCUT2D eigenvalue weighted by atomic mass is 35.5. The molecular weight excluding hydrogens is 670 g/mol. The molecule has 270 valence electrons. The van der Waals surface area contributed by atoms with Crippen molar-refractivity contribution in [1.29, 1.82) is 0 Å². The monoisotopic (exact) mass is 717 g/mol. The first-order valence-electron chi connectivity index (χ1n) is 19.6. The Morgan fingerprint density at radius 1 is 0.923 bits per heavy atom. The van der Waals surface area contributed by atoms with Crippen LogP contribution in [0.15, 0.2) is 53.3 Å². The van der Waals surface area contributed by atoms with E-state index in [0.717, 1.165) is 85.5 Å². The van der Waals surface area contributed by atoms with Crippen LogP contribution in [0, 0.1) is 5.92 Å². The van der Waals surface area contributed by atoms with Crippen molar-refractivity contribution in [2.24, 2.45) is 5.92 Å². The van der Waals surface area contributed by atoms with E-state index in [0.29, 0.717) is 28.9 Å². The molecule has 6 heterocycles. The van der Waals surface area contributed by atoms with Crippen molar-refractivity contribution in [1.82, 2.24) is 24.7 Å². The minimum Gasteiger partial charge on any atom is -0.492 e. The third-order valence-electron chi connectivity index (χ3n) is 14.0. The number of likely N-dealkylation sites (tertiary alicyclic amines) is 2. The number of hydrogen-bond acceptors (Lipinski definition) is 6. The molecule has 9 heteroatoms. The quantitative estimate of drug-likeness (QED) is 0.243. The van der Waals surface area contributed by atoms with Gasteiger partial charge < -0.3 is 19.9 Å². The topological polar surface area (TPSA) is 79.7 Å². The lowest BCUT2D eigenvalue weighted by atomic mass is 9.73. The smallest absolute Gasteiger partial charge is 0.282 e. The van der Waals surface area contributed by atoms with E-state index in [2.05, 4.69) is 62.8 Å². The number of carbonyl (C=O) groups excluding carboxylic acids is 1. The van der Waals surface area contributed by atoms with Crippen LogP contribution in [0.3, 0.4) is 0 Å². The molecule has 10 rings (SSSR count). The van der Waals surface area contributed by atoms with E-state index in [1.807, 2.05) is 18.2 Å². The summed E-state index contributed by atoms with van der Waals surface area (Å²) < 4.78 is 8.49. The van der Waals surface area contributed by atoms with Crippen LogP contribution in [-0.2, 0) is 17.4 Å². The summed E-state index contributed by atoms with van der Waals surface area (Å²) in [5.41, 5.74) is 7.29. The van der Waals surface area contributed by atoms with Gasteiger partial charge >= 0.3 is 0 Å². The van der Waals surface area contributed by atoms with Crippen LogP contribution in [0.4, 0.5) is 0 Å². The van der Waals surface area contributed by atoms with Gasteiger partial charge in [0.05, 0.1) is 33.6 Å². The molecular formula is C43H48ClN5O3. The van der Waals surface area contributed by atoms with Crippen molar-refractivity contribution in [2.75, 3.05) is 39.3 Å². The van der Waals surface area contributed by atoms with Gasteiger partial charge in [-0.2, -0.15) is 4.98 Å². The van der Waals surface area contributed by atoms with Gasteiger partial charge in [0.25, 0.3) is 11.5 Å². The molecule has 0 unspecified atom stereocenters. The molecule has 3 fully saturated rings. The second-order valence-corrected chi connectivity index (χ2v) is 17.5. The fraction of sp³-hybridized carbons (Fsp3) is 0.512. The molecule has 3 aromatic carbocycles. The fourth-order valence-corrected chi connectivity index (χ4v) is 11.2. The van der Waals surface area contributed by atoms with Crippen LogP contribution in [-0.4, -0.2) is 70.6 Å². The molecule has 1 saturated carbocycles. The Labute approximate surface area is 310 Å². The summed E-state index contributed by atoms with van der Waals surface area (Å²) in [7, 11) is 0. The lowest BCUT2D eigenvalue weighted by molar-refractivity contribution is 0.0662. The first-order chi connectivity index (χ1) is 25.2. The Balaban J connectivity index is 0.747. The van der Waals surface area contributed by atoms with Gasteiger partial charge in [-0.15, -0.1) is 0 Å². The predicted octanol–water partition coefficient (Wildman–Crippen LogP) is 7.09. The number of carbonyl (C=O) groups is 1. The minimum atomic E-state index is -0.360. The average Bonchev–Trinajstić information content (AvgIpc) is 3.78. The molecule has 52 heavy (non-hydrogen) atoms. The highest BCUT2D eigenvalue weighted by molar-refractivity contribution is 6.35. The van der Waals surface area contributed by atoms with E-state index in [4.69, 9.17) is 16.3 Å². The number of ether oxygens (including phenoxy) is 1. The van der Waals surface area contributed by atoms with E-state index in [-0.39, 0.29) is 22.3 Å². The van der Waals surface area contributed by atoms with Crippen LogP contribution >= 0.6 is 11.6 Å². The van der Waals surface area contributed by atoms with Gasteiger partial charge in [-0.05, 0) is 139 Å². The summed E-state index contributed by atoms with van der Waals surface area (Å²) in [5, 5.41) is 3.93. The zero-order valence-corrected chi connectivity index (χ0v) is 31.1. The minimum absolute atomic E-state index is 0.0307. The summed E-state index contributed by atoms with van der Waals surface area (Å²) in [6, 6.07) is 17.6. The number of rotatable bonds is 4. The first kappa shape index (κ1) is 32.9. The van der Waals surface area contributed by atoms with Crippen molar-refractivity contribution in [3.63, 3.8) is 0 Å². The van der Waals surface area contributed by atoms with Crippen LogP contribution in [0.5, 0.6) is 5.75 Å². The molecule has 0 bridgehead atoms. The zero-order valence-electron chi connectivity index (χ0n) is 30.3. The van der Waals surface area contributed by atoms with Gasteiger partial charge in [0.1, 0.15) is 11.6 Å². The van der Waals surface area contributed by atoms with Crippen molar-refractivity contribution < 1.29 is 9.53 Å². The molecule has 1 N–H and O–H groups in total. The summed E-state index contributed by atoms with van der Waals surface area (Å²) >= 11 is 6.52. The molecule has 6 aliphatic rings. The molecule has 4 aromatic rings. The molecule has 1 amide bonds. The number of fused-ring (bicyclic) bond motifs is 9. The summed E-state index contributed by atoms with van der Waals surface area (Å²) in [6.07, 6.45) is 9.94. The molecule has 8 nitrogen and oxygen atoms in total. The SMILES string of the molecule is CC1(C)c2ccc(C3CCN(CC4CCC(N5CCC6(CC5)COc5c6ccc6c5CNC6=O)CC4)CC3)cc2-n2c1nc(=O)c1c(Cl)cccc12. The molecule has 2 saturated heterocycles. The number of amides is 1. The molecule has 0 radical (unpaired) electrons. The van der Waals surface area contributed by atoms with E-state index < -0.39 is 0 Å². The average molecular weight is 718 g/mol. The van der Waals surface area contributed by atoms with Gasteiger partial charge in [0, 0.05) is 41.2 Å². The van der Waals surface area contributed by atoms with Crippen LogP contribution in [0.25, 0.3) is 16.6 Å². The van der Waals surface area contributed by atoms with E-state index in [1.165, 1.54) is 61.8 Å². The highest BCUT2D eigenvalue weighted by Crippen LogP contribution is 2.49. The van der Waals surface area contributed by atoms with E-state index in [9.17, 15) is 9.59 Å². The summed E-state index contributed by atoms with van der Waals surface area (Å²) in [5.74, 6) is 3.15. The standard InChI is InChI=1S/C43H48ClN5O3/c1-42(2)32-12-8-28(22-36(32)49-35-5-3-4-34(44)37(35)40(51)46-41(42)49)27-14-18-47(19-15-27)24-26-6-9-29(10-7-26)48-20-16-43(17-21-48)25-52-38-31-23-45-39(50)30(31)11-13-33(38)43/h3-5,8,11-13,22,26-27,29H,6-7,9-10,14-21,23-25H2,1-2H3,(H,45,50). The van der Waals surface area contributed by atoms with Crippen molar-refractivity contribution in [3.05, 3.63) is 97.5 Å². The second-order valence-electron chi connectivity index (χ2n) is 17.1. The molecule has 0 atom stereocenters. The Hall–Kier alpha value is -3.72. The van der Waals surface area contributed by atoms with Crippen LogP contribution < -0.4 is 15.6 Å². The highest BCUT2D eigenvalue weighted by Gasteiger charge is 2.46. The third kappa shape index (κ3) is 5.03. The predicted molar refractivity (Wildman–Crippen MR) is 204 cm³/mol. The number of hydrogen-bond donors (Lipinski definition) is 1. The van der Waals surface area contributed by atoms with E-state index >= 15 is 0 Å². The maximum atomic E-state index is 13.1. The van der Waals surface area contributed by atoms with Gasteiger partial charge in [-0.3, -0.25) is 14.2 Å². The third-order valence-corrected chi connectivity index (χ3v) is 14.3. The van der Waals surface area contributed by atoms with Gasteiger partial charge in [-0.1, -0.05) is 35.9 Å². The van der Waals surface area contributed by atoms with E-state index in [1.54, 1.807) is 6.07 Å². The lowest BCUT2D eigenvalue weighted by Gasteiger charge is -2.44. The number of piperidine rings is 2. The zero-order chi connectivity index (χ0) is 35.4. The number of nitrogens with zero attached hydrogens (tertiary/aromatic N) is 4. The Morgan fingerprint density at radius 3 is 2.48 bits per heavy atom. The Morgan fingerprint density at radius 2 is 1.69 bits per heavy atom. The maximum Gasteiger partial charge on any atom is 0.282 e. The lowest BCUT2D eigenvalue weighted by Crippen LogP contribution is -2.49. The van der Waals surface area contributed by atoms with Gasteiger partial charge in [0.2, 0.25) is 0 Å². The summed E-state index contributed by atoms with van der Waals surface area (Å²) in [4.78, 5) is 35.3. The number of aromatic nitrogens is 2. The molecule has 1 spiro atoms.